The molecular formula is C13H17N3O3S2. The van der Waals surface area contributed by atoms with Crippen molar-refractivity contribution in [3.63, 3.8) is 0 Å². The summed E-state index contributed by atoms with van der Waals surface area (Å²) in [6, 6.07) is 6.83. The van der Waals surface area contributed by atoms with Crippen molar-refractivity contribution >= 4 is 21.4 Å². The van der Waals surface area contributed by atoms with Gasteiger partial charge in [-0.1, -0.05) is 23.5 Å². The summed E-state index contributed by atoms with van der Waals surface area (Å²) in [7, 11) is -1.79. The van der Waals surface area contributed by atoms with Crippen LogP contribution in [0.3, 0.4) is 0 Å². The van der Waals surface area contributed by atoms with Crippen molar-refractivity contribution in [2.75, 3.05) is 7.05 Å². The number of sulfonamides is 1. The topological polar surface area (TPSA) is 91.1 Å². The fraction of sp³-hybridized carbons (Fsp3) is 0.308. The van der Waals surface area contributed by atoms with Gasteiger partial charge in [0.2, 0.25) is 10.0 Å². The van der Waals surface area contributed by atoms with Crippen molar-refractivity contribution in [2.24, 2.45) is 0 Å². The number of rotatable bonds is 6. The van der Waals surface area contributed by atoms with E-state index >= 15 is 0 Å². The Balaban J connectivity index is 2.17. The predicted octanol–water partition coefficient (Wildman–Crippen LogP) is 1.20. The molecule has 8 heteroatoms. The van der Waals surface area contributed by atoms with Gasteiger partial charge >= 0.3 is 4.87 Å². The Morgan fingerprint density at radius 3 is 2.76 bits per heavy atom. The lowest BCUT2D eigenvalue weighted by atomic mass is 10.1. The second kappa shape index (κ2) is 6.52. The average molecular weight is 327 g/mol. The fourth-order valence-electron chi connectivity index (χ4n) is 1.77. The number of benzene rings is 1. The van der Waals surface area contributed by atoms with E-state index in [2.05, 4.69) is 15.0 Å². The first-order valence-corrected chi connectivity index (χ1v) is 8.72. The zero-order chi connectivity index (χ0) is 15.5. The number of hydrogen-bond acceptors (Lipinski definition) is 5. The summed E-state index contributed by atoms with van der Waals surface area (Å²) in [6.07, 6.45) is 0. The minimum Gasteiger partial charge on any atom is -0.315 e. The maximum atomic E-state index is 12.3. The first-order valence-electron chi connectivity index (χ1n) is 6.36. The molecule has 114 valence electrons. The lowest BCUT2D eigenvalue weighted by Crippen LogP contribution is -2.24. The number of nitrogens with one attached hydrogen (secondary N) is 3. The van der Waals surface area contributed by atoms with Crippen LogP contribution < -0.4 is 14.9 Å². The molecule has 0 bridgehead atoms. The zero-order valence-electron chi connectivity index (χ0n) is 11.7. The van der Waals surface area contributed by atoms with E-state index in [4.69, 9.17) is 0 Å². The van der Waals surface area contributed by atoms with Gasteiger partial charge in [-0.15, -0.1) is 0 Å². The molecule has 1 aromatic heterocycles. The molecule has 1 atom stereocenters. The van der Waals surface area contributed by atoms with Crippen molar-refractivity contribution in [3.05, 3.63) is 50.6 Å². The Hall–Kier alpha value is -1.48. The molecular weight excluding hydrogens is 310 g/mol. The quantitative estimate of drug-likeness (QED) is 0.743. The smallest absolute Gasteiger partial charge is 0.304 e. The molecule has 0 amide bonds. The van der Waals surface area contributed by atoms with Crippen molar-refractivity contribution in [2.45, 2.75) is 24.4 Å². The third-order valence-corrected chi connectivity index (χ3v) is 5.24. The normalized spacial score (nSPS) is 13.2. The molecule has 0 fully saturated rings. The number of H-pyrrole nitrogens is 1. The third-order valence-electron chi connectivity index (χ3n) is 3.12. The van der Waals surface area contributed by atoms with Gasteiger partial charge < -0.3 is 10.3 Å². The van der Waals surface area contributed by atoms with Crippen molar-refractivity contribution in [3.8, 4) is 0 Å². The van der Waals surface area contributed by atoms with Crippen LogP contribution in [0.5, 0.6) is 0 Å². The first-order chi connectivity index (χ1) is 9.92. The van der Waals surface area contributed by atoms with Gasteiger partial charge in [-0.3, -0.25) is 4.79 Å². The van der Waals surface area contributed by atoms with Crippen LogP contribution in [0.25, 0.3) is 0 Å². The molecule has 21 heavy (non-hydrogen) atoms. The van der Waals surface area contributed by atoms with E-state index in [0.29, 0.717) is 5.69 Å². The Morgan fingerprint density at radius 2 is 2.14 bits per heavy atom. The predicted molar refractivity (Wildman–Crippen MR) is 82.9 cm³/mol. The number of aromatic amines is 1. The summed E-state index contributed by atoms with van der Waals surface area (Å²) in [5.41, 5.74) is 1.44. The van der Waals surface area contributed by atoms with E-state index in [1.807, 2.05) is 20.0 Å². The van der Waals surface area contributed by atoms with Crippen LogP contribution in [0.1, 0.15) is 24.2 Å². The van der Waals surface area contributed by atoms with Gasteiger partial charge in [0.05, 0.1) is 11.4 Å². The first kappa shape index (κ1) is 15.9. The van der Waals surface area contributed by atoms with Gasteiger partial charge in [0.1, 0.15) is 0 Å². The van der Waals surface area contributed by atoms with Gasteiger partial charge in [0, 0.05) is 17.1 Å². The summed E-state index contributed by atoms with van der Waals surface area (Å²) in [6.45, 7) is 2.02. The molecule has 1 heterocycles. The minimum atomic E-state index is -3.61. The van der Waals surface area contributed by atoms with Crippen LogP contribution >= 0.6 is 11.3 Å². The summed E-state index contributed by atoms with van der Waals surface area (Å²) >= 11 is 1.01. The molecule has 0 spiro atoms. The van der Waals surface area contributed by atoms with Crippen LogP contribution in [0.4, 0.5) is 0 Å². The summed E-state index contributed by atoms with van der Waals surface area (Å²) in [4.78, 5) is 13.6. The number of hydrogen-bond donors (Lipinski definition) is 3. The van der Waals surface area contributed by atoms with E-state index in [0.717, 1.165) is 16.9 Å². The van der Waals surface area contributed by atoms with Gasteiger partial charge in [0.15, 0.2) is 0 Å². The largest absolute Gasteiger partial charge is 0.315 e. The van der Waals surface area contributed by atoms with E-state index in [9.17, 15) is 13.2 Å². The molecule has 3 N–H and O–H groups in total. The molecule has 0 saturated heterocycles. The Morgan fingerprint density at radius 1 is 1.38 bits per heavy atom. The number of aromatic nitrogens is 1. The Kier molecular flexibility index (Phi) is 4.94. The fourth-order valence-corrected chi connectivity index (χ4v) is 3.42. The minimum absolute atomic E-state index is 0.0624. The Bertz CT molecular complexity index is 765. The second-order valence-corrected chi connectivity index (χ2v) is 7.19. The second-order valence-electron chi connectivity index (χ2n) is 4.58. The van der Waals surface area contributed by atoms with Crippen LogP contribution in [0, 0.1) is 0 Å². The van der Waals surface area contributed by atoms with Gasteiger partial charge in [-0.05, 0) is 31.7 Å². The molecule has 0 aliphatic heterocycles. The summed E-state index contributed by atoms with van der Waals surface area (Å²) < 4.78 is 27.0. The van der Waals surface area contributed by atoms with Crippen molar-refractivity contribution in [1.82, 2.24) is 15.0 Å². The SMILES string of the molecule is CNC(C)c1cccc(S(=O)(=O)NCc2csc(=O)[nH]2)c1. The highest BCUT2D eigenvalue weighted by Gasteiger charge is 2.15. The van der Waals surface area contributed by atoms with Crippen LogP contribution in [0.15, 0.2) is 39.3 Å². The van der Waals surface area contributed by atoms with E-state index < -0.39 is 10.0 Å². The average Bonchev–Trinajstić information content (AvgIpc) is 2.90. The van der Waals surface area contributed by atoms with Crippen molar-refractivity contribution < 1.29 is 8.42 Å². The maximum Gasteiger partial charge on any atom is 0.304 e. The monoisotopic (exact) mass is 327 g/mol. The van der Waals surface area contributed by atoms with E-state index in [1.165, 1.54) is 0 Å². The maximum absolute atomic E-state index is 12.3. The number of thiazole rings is 1. The third kappa shape index (κ3) is 4.01. The molecule has 0 aliphatic carbocycles. The molecule has 0 radical (unpaired) electrons. The molecule has 0 saturated carbocycles. The molecule has 0 aliphatic rings. The molecule has 2 aromatic rings. The van der Waals surface area contributed by atoms with Crippen LogP contribution in [-0.4, -0.2) is 20.4 Å². The van der Waals surface area contributed by atoms with E-state index in [-0.39, 0.29) is 22.4 Å². The standard InChI is InChI=1S/C13H17N3O3S2/c1-9(14-2)10-4-3-5-12(6-10)21(18,19)15-7-11-8-20-13(17)16-11/h3-6,8-9,14-15H,7H2,1-2H3,(H,16,17). The van der Waals surface area contributed by atoms with Gasteiger partial charge in [0.25, 0.3) is 0 Å². The Labute approximate surface area is 127 Å². The van der Waals surface area contributed by atoms with Crippen molar-refractivity contribution in [1.29, 1.82) is 0 Å². The van der Waals surface area contributed by atoms with E-state index in [1.54, 1.807) is 23.6 Å². The molecule has 1 aromatic carbocycles. The van der Waals surface area contributed by atoms with Crippen LogP contribution in [-0.2, 0) is 16.6 Å². The van der Waals surface area contributed by atoms with Gasteiger partial charge in [-0.25, -0.2) is 13.1 Å². The molecule has 2 rings (SSSR count). The lowest BCUT2D eigenvalue weighted by molar-refractivity contribution is 0.579. The van der Waals surface area contributed by atoms with Gasteiger partial charge in [-0.2, -0.15) is 0 Å². The molecule has 6 nitrogen and oxygen atoms in total. The summed E-state index contributed by atoms with van der Waals surface area (Å²) in [5.74, 6) is 0. The highest BCUT2D eigenvalue weighted by Crippen LogP contribution is 2.17. The molecule has 1 unspecified atom stereocenters. The lowest BCUT2D eigenvalue weighted by Gasteiger charge is -2.12. The highest BCUT2D eigenvalue weighted by molar-refractivity contribution is 7.89. The zero-order valence-corrected chi connectivity index (χ0v) is 13.3. The summed E-state index contributed by atoms with van der Waals surface area (Å²) in [5, 5.41) is 4.67. The highest BCUT2D eigenvalue weighted by atomic mass is 32.2. The van der Waals surface area contributed by atoms with Crippen LogP contribution in [0.2, 0.25) is 0 Å².